The second-order valence-electron chi connectivity index (χ2n) is 7.97. The minimum atomic E-state index is -0.563. The van der Waals surface area contributed by atoms with Crippen molar-refractivity contribution in [2.24, 2.45) is 11.3 Å². The molecule has 26 heavy (non-hydrogen) atoms. The summed E-state index contributed by atoms with van der Waals surface area (Å²) in [5, 5.41) is 13.1. The molecule has 3 fully saturated rings. The minimum absolute atomic E-state index is 0.0429. The zero-order valence-corrected chi connectivity index (χ0v) is 15.3. The van der Waals surface area contributed by atoms with Crippen molar-refractivity contribution >= 4 is 23.4 Å². The van der Waals surface area contributed by atoms with Crippen molar-refractivity contribution in [3.8, 4) is 0 Å². The Hall–Kier alpha value is -1.63. The average molecular weight is 378 g/mol. The number of nitrogens with one attached hydrogen (secondary N) is 2. The molecule has 140 valence electrons. The number of carbonyl (C=O) groups excluding carboxylic acids is 2. The summed E-state index contributed by atoms with van der Waals surface area (Å²) in [5.41, 5.74) is 3.04. The van der Waals surface area contributed by atoms with Crippen LogP contribution in [0.3, 0.4) is 0 Å². The average Bonchev–Trinajstić information content (AvgIpc) is 3.21. The largest absolute Gasteiger partial charge is 0.341 e. The molecule has 6 nitrogen and oxygen atoms in total. The Kier molecular flexibility index (Phi) is 4.67. The third-order valence-corrected chi connectivity index (χ3v) is 6.48. The van der Waals surface area contributed by atoms with Gasteiger partial charge in [0, 0.05) is 30.6 Å². The highest BCUT2D eigenvalue weighted by atomic mass is 35.5. The minimum Gasteiger partial charge on any atom is -0.341 e. The Morgan fingerprint density at radius 3 is 2.85 bits per heavy atom. The van der Waals surface area contributed by atoms with Gasteiger partial charge in [-0.25, -0.2) is 5.48 Å². The van der Waals surface area contributed by atoms with Gasteiger partial charge in [-0.2, -0.15) is 0 Å². The molecule has 2 heterocycles. The Bertz CT molecular complexity index is 722. The second kappa shape index (κ2) is 6.83. The van der Waals surface area contributed by atoms with E-state index in [2.05, 4.69) is 5.32 Å². The molecule has 0 bridgehead atoms. The van der Waals surface area contributed by atoms with Crippen molar-refractivity contribution in [3.05, 3.63) is 34.9 Å². The van der Waals surface area contributed by atoms with Gasteiger partial charge in [0.25, 0.3) is 0 Å². The number of piperidine rings is 1. The molecule has 3 unspecified atom stereocenters. The van der Waals surface area contributed by atoms with Crippen LogP contribution in [-0.2, 0) is 9.59 Å². The van der Waals surface area contributed by atoms with Crippen molar-refractivity contribution in [3.63, 3.8) is 0 Å². The lowest BCUT2D eigenvalue weighted by Gasteiger charge is -2.37. The highest BCUT2D eigenvalue weighted by Crippen LogP contribution is 2.52. The summed E-state index contributed by atoms with van der Waals surface area (Å²) in [6.45, 7) is 2.08. The van der Waals surface area contributed by atoms with Crippen LogP contribution in [0.5, 0.6) is 0 Å². The number of benzene rings is 1. The smallest absolute Gasteiger partial charge is 0.248 e. The highest BCUT2D eigenvalue weighted by molar-refractivity contribution is 6.30. The summed E-state index contributed by atoms with van der Waals surface area (Å²) in [6.07, 6.45) is 3.71. The van der Waals surface area contributed by atoms with Crippen molar-refractivity contribution in [2.45, 2.75) is 37.6 Å². The number of hydrogen-bond acceptors (Lipinski definition) is 4. The summed E-state index contributed by atoms with van der Waals surface area (Å²) in [5.74, 6) is -0.763. The van der Waals surface area contributed by atoms with Crippen LogP contribution < -0.4 is 10.8 Å². The third-order valence-electron chi connectivity index (χ3n) is 6.24. The third kappa shape index (κ3) is 3.33. The summed E-state index contributed by atoms with van der Waals surface area (Å²) < 4.78 is 0. The van der Waals surface area contributed by atoms with E-state index in [9.17, 15) is 9.59 Å². The second-order valence-corrected chi connectivity index (χ2v) is 8.41. The SMILES string of the molecule is O=C(NO)C1CC2(CC2)CNC1C(=O)N1CCC(c2cccc(Cl)c2)C1. The maximum absolute atomic E-state index is 13.1. The van der Waals surface area contributed by atoms with Gasteiger partial charge in [-0.15, -0.1) is 0 Å². The number of amides is 2. The van der Waals surface area contributed by atoms with Gasteiger partial charge in [-0.3, -0.25) is 14.8 Å². The predicted octanol–water partition coefficient (Wildman–Crippen LogP) is 1.92. The van der Waals surface area contributed by atoms with Gasteiger partial charge in [0.15, 0.2) is 0 Å². The fraction of sp³-hybridized carbons (Fsp3) is 0.579. The van der Waals surface area contributed by atoms with Crippen LogP contribution in [0.25, 0.3) is 0 Å². The molecule has 2 amide bonds. The molecule has 0 radical (unpaired) electrons. The summed E-state index contributed by atoms with van der Waals surface area (Å²) in [6, 6.07) is 7.22. The lowest BCUT2D eigenvalue weighted by atomic mass is 9.81. The number of likely N-dealkylation sites (tertiary alicyclic amines) is 1. The van der Waals surface area contributed by atoms with Gasteiger partial charge >= 0.3 is 0 Å². The number of hydrogen-bond donors (Lipinski definition) is 3. The molecular formula is C19H24ClN3O3. The summed E-state index contributed by atoms with van der Waals surface area (Å²) in [7, 11) is 0. The van der Waals surface area contributed by atoms with E-state index in [0.29, 0.717) is 24.5 Å². The maximum Gasteiger partial charge on any atom is 0.248 e. The van der Waals surface area contributed by atoms with Crippen LogP contribution in [0, 0.1) is 11.3 Å². The molecule has 1 aromatic carbocycles. The van der Waals surface area contributed by atoms with Gasteiger partial charge in [0.05, 0.1) is 12.0 Å². The van der Waals surface area contributed by atoms with E-state index < -0.39 is 17.9 Å². The van der Waals surface area contributed by atoms with Crippen LogP contribution in [0.15, 0.2) is 24.3 Å². The maximum atomic E-state index is 13.1. The zero-order valence-electron chi connectivity index (χ0n) is 14.6. The number of rotatable bonds is 3. The van der Waals surface area contributed by atoms with Crippen LogP contribution in [-0.4, -0.2) is 47.6 Å². The highest BCUT2D eigenvalue weighted by Gasteiger charge is 2.53. The molecular weight excluding hydrogens is 354 g/mol. The molecule has 1 spiro atoms. The molecule has 3 N–H and O–H groups in total. The number of nitrogens with zero attached hydrogens (tertiary/aromatic N) is 1. The molecule has 7 heteroatoms. The van der Waals surface area contributed by atoms with Crippen LogP contribution >= 0.6 is 11.6 Å². The number of halogens is 1. The van der Waals surface area contributed by atoms with E-state index in [-0.39, 0.29) is 17.2 Å². The van der Waals surface area contributed by atoms with Gasteiger partial charge in [-0.05, 0) is 48.8 Å². The monoisotopic (exact) mass is 377 g/mol. The lowest BCUT2D eigenvalue weighted by molar-refractivity contribution is -0.144. The van der Waals surface area contributed by atoms with E-state index in [1.807, 2.05) is 29.2 Å². The topological polar surface area (TPSA) is 81.7 Å². The molecule has 1 aromatic rings. The molecule has 2 saturated heterocycles. The van der Waals surface area contributed by atoms with Gasteiger partial charge < -0.3 is 10.2 Å². The fourth-order valence-corrected chi connectivity index (χ4v) is 4.66. The van der Waals surface area contributed by atoms with E-state index in [1.54, 1.807) is 5.48 Å². The van der Waals surface area contributed by atoms with E-state index in [4.69, 9.17) is 16.8 Å². The normalized spacial score (nSPS) is 29.6. The van der Waals surface area contributed by atoms with Crippen LogP contribution in [0.4, 0.5) is 0 Å². The van der Waals surface area contributed by atoms with Crippen LogP contribution in [0.2, 0.25) is 5.02 Å². The van der Waals surface area contributed by atoms with Gasteiger partial charge in [0.2, 0.25) is 11.8 Å². The van der Waals surface area contributed by atoms with E-state index >= 15 is 0 Å². The Balaban J connectivity index is 1.45. The van der Waals surface area contributed by atoms with Crippen molar-refractivity contribution < 1.29 is 14.8 Å². The first-order valence-electron chi connectivity index (χ1n) is 9.23. The molecule has 0 aromatic heterocycles. The summed E-state index contributed by atoms with van der Waals surface area (Å²) >= 11 is 6.09. The Labute approximate surface area is 157 Å². The van der Waals surface area contributed by atoms with E-state index in [0.717, 1.165) is 31.4 Å². The van der Waals surface area contributed by atoms with Crippen molar-refractivity contribution in [2.75, 3.05) is 19.6 Å². The first kappa shape index (κ1) is 17.8. The first-order chi connectivity index (χ1) is 12.5. The molecule has 1 saturated carbocycles. The first-order valence-corrected chi connectivity index (χ1v) is 9.61. The lowest BCUT2D eigenvalue weighted by Crippen LogP contribution is -2.58. The zero-order chi connectivity index (χ0) is 18.3. The van der Waals surface area contributed by atoms with Crippen LogP contribution in [0.1, 0.15) is 37.2 Å². The van der Waals surface area contributed by atoms with Gasteiger partial charge in [0.1, 0.15) is 0 Å². The Morgan fingerprint density at radius 1 is 1.35 bits per heavy atom. The summed E-state index contributed by atoms with van der Waals surface area (Å²) in [4.78, 5) is 27.1. The molecule has 4 rings (SSSR count). The van der Waals surface area contributed by atoms with Gasteiger partial charge in [-0.1, -0.05) is 23.7 Å². The molecule has 2 aliphatic heterocycles. The standard InChI is InChI=1S/C19H24ClN3O3/c20-14-3-1-2-12(8-14)13-4-7-23(10-13)18(25)16-15(17(24)22-26)9-19(5-6-19)11-21-16/h1-3,8,13,15-16,21,26H,4-7,9-11H2,(H,22,24). The number of carbonyl (C=O) groups is 2. The molecule has 3 aliphatic rings. The van der Waals surface area contributed by atoms with E-state index in [1.165, 1.54) is 0 Å². The van der Waals surface area contributed by atoms with Crippen molar-refractivity contribution in [1.82, 2.24) is 15.7 Å². The van der Waals surface area contributed by atoms with Crippen molar-refractivity contribution in [1.29, 1.82) is 0 Å². The quantitative estimate of drug-likeness (QED) is 0.555. The molecule has 3 atom stereocenters. The fourth-order valence-electron chi connectivity index (χ4n) is 4.46. The predicted molar refractivity (Wildman–Crippen MR) is 96.9 cm³/mol. The Morgan fingerprint density at radius 2 is 2.15 bits per heavy atom. The molecule has 1 aliphatic carbocycles. The number of hydroxylamine groups is 1.